The second-order valence-corrected chi connectivity index (χ2v) is 5.17. The molecule has 0 aromatic heterocycles. The third kappa shape index (κ3) is 3.17. The molecule has 2 unspecified atom stereocenters. The SMILES string of the molecule is C=CC(C)OP(=O)(O)C(=C)c1ccccc1. The Kier molecular flexibility index (Phi) is 4.25. The van der Waals surface area contributed by atoms with Gasteiger partial charge in [-0.1, -0.05) is 43.0 Å². The summed E-state index contributed by atoms with van der Waals surface area (Å²) in [5.74, 6) is 0. The van der Waals surface area contributed by atoms with Crippen molar-refractivity contribution in [3.8, 4) is 0 Å². The molecule has 0 saturated heterocycles. The number of hydrogen-bond acceptors (Lipinski definition) is 2. The van der Waals surface area contributed by atoms with Crippen molar-refractivity contribution in [2.24, 2.45) is 0 Å². The highest BCUT2D eigenvalue weighted by Crippen LogP contribution is 2.55. The average Bonchev–Trinajstić information content (AvgIpc) is 2.28. The molecule has 86 valence electrons. The molecule has 0 heterocycles. The molecule has 1 N–H and O–H groups in total. The summed E-state index contributed by atoms with van der Waals surface area (Å²) in [6.07, 6.45) is 0.970. The van der Waals surface area contributed by atoms with Crippen LogP contribution in [0.5, 0.6) is 0 Å². The van der Waals surface area contributed by atoms with Gasteiger partial charge in [-0.25, -0.2) is 0 Å². The van der Waals surface area contributed by atoms with Gasteiger partial charge in [0.2, 0.25) is 0 Å². The molecular weight excluding hydrogens is 223 g/mol. The highest BCUT2D eigenvalue weighted by molar-refractivity contribution is 7.64. The molecule has 0 spiro atoms. The Labute approximate surface area is 95.6 Å². The molecule has 0 aliphatic heterocycles. The highest BCUT2D eigenvalue weighted by atomic mass is 31.2. The Morgan fingerprint density at radius 2 is 2.06 bits per heavy atom. The summed E-state index contributed by atoms with van der Waals surface area (Å²) in [5.41, 5.74) is 0.601. The van der Waals surface area contributed by atoms with Crippen molar-refractivity contribution in [3.63, 3.8) is 0 Å². The third-order valence-electron chi connectivity index (χ3n) is 2.09. The normalized spacial score (nSPS) is 16.1. The molecule has 0 fully saturated rings. The fourth-order valence-corrected chi connectivity index (χ4v) is 2.27. The maximum atomic E-state index is 11.9. The van der Waals surface area contributed by atoms with Crippen molar-refractivity contribution < 1.29 is 14.0 Å². The van der Waals surface area contributed by atoms with Gasteiger partial charge in [0.05, 0.1) is 11.4 Å². The van der Waals surface area contributed by atoms with E-state index in [2.05, 4.69) is 13.2 Å². The Bertz CT molecular complexity index is 425. The Hall–Kier alpha value is -1.15. The van der Waals surface area contributed by atoms with Gasteiger partial charge in [-0.2, -0.15) is 0 Å². The first-order chi connectivity index (χ1) is 7.47. The van der Waals surface area contributed by atoms with Crippen LogP contribution in [0.15, 0.2) is 49.6 Å². The van der Waals surface area contributed by atoms with Gasteiger partial charge in [0.25, 0.3) is 0 Å². The fraction of sp³-hybridized carbons (Fsp3) is 0.167. The monoisotopic (exact) mass is 238 g/mol. The molecule has 4 heteroatoms. The summed E-state index contributed by atoms with van der Waals surface area (Å²) in [7, 11) is -3.84. The first-order valence-electron chi connectivity index (χ1n) is 4.86. The zero-order valence-electron chi connectivity index (χ0n) is 9.17. The predicted molar refractivity (Wildman–Crippen MR) is 66.0 cm³/mol. The lowest BCUT2D eigenvalue weighted by atomic mass is 10.2. The van der Waals surface area contributed by atoms with Crippen LogP contribution in [-0.2, 0) is 9.09 Å². The number of rotatable bonds is 5. The van der Waals surface area contributed by atoms with E-state index >= 15 is 0 Å². The van der Waals surface area contributed by atoms with Crippen LogP contribution in [0.25, 0.3) is 5.31 Å². The topological polar surface area (TPSA) is 46.5 Å². The van der Waals surface area contributed by atoms with Crippen molar-refractivity contribution in [2.45, 2.75) is 13.0 Å². The van der Waals surface area contributed by atoms with E-state index in [0.29, 0.717) is 5.56 Å². The van der Waals surface area contributed by atoms with E-state index in [1.54, 1.807) is 31.2 Å². The summed E-state index contributed by atoms with van der Waals surface area (Å²) in [4.78, 5) is 9.72. The van der Waals surface area contributed by atoms with Crippen LogP contribution >= 0.6 is 7.60 Å². The van der Waals surface area contributed by atoms with Gasteiger partial charge in [0.15, 0.2) is 0 Å². The van der Waals surface area contributed by atoms with Crippen molar-refractivity contribution in [1.29, 1.82) is 0 Å². The van der Waals surface area contributed by atoms with Crippen molar-refractivity contribution in [1.82, 2.24) is 0 Å². The van der Waals surface area contributed by atoms with Crippen LogP contribution in [0, 0.1) is 0 Å². The Balaban J connectivity index is 2.89. The highest BCUT2D eigenvalue weighted by Gasteiger charge is 2.26. The van der Waals surface area contributed by atoms with E-state index in [9.17, 15) is 9.46 Å². The van der Waals surface area contributed by atoms with Crippen LogP contribution in [-0.4, -0.2) is 11.0 Å². The van der Waals surface area contributed by atoms with E-state index < -0.39 is 13.7 Å². The molecule has 1 rings (SSSR count). The van der Waals surface area contributed by atoms with Gasteiger partial charge < -0.3 is 4.89 Å². The molecule has 0 saturated carbocycles. The van der Waals surface area contributed by atoms with E-state index in [-0.39, 0.29) is 5.31 Å². The van der Waals surface area contributed by atoms with Crippen molar-refractivity contribution in [3.05, 3.63) is 55.1 Å². The van der Waals surface area contributed by atoms with Gasteiger partial charge in [0.1, 0.15) is 0 Å². The van der Waals surface area contributed by atoms with Gasteiger partial charge in [-0.05, 0) is 12.5 Å². The molecule has 2 atom stereocenters. The second kappa shape index (κ2) is 5.26. The Morgan fingerprint density at radius 1 is 1.50 bits per heavy atom. The minimum absolute atomic E-state index is 0.0989. The lowest BCUT2D eigenvalue weighted by Gasteiger charge is -2.17. The van der Waals surface area contributed by atoms with E-state index in [1.165, 1.54) is 6.08 Å². The lowest BCUT2D eigenvalue weighted by Crippen LogP contribution is -2.02. The van der Waals surface area contributed by atoms with Gasteiger partial charge in [-0.15, -0.1) is 6.58 Å². The summed E-state index contributed by atoms with van der Waals surface area (Å²) in [6, 6.07) is 8.81. The fourth-order valence-electron chi connectivity index (χ4n) is 1.13. The van der Waals surface area contributed by atoms with Crippen LogP contribution < -0.4 is 0 Å². The predicted octanol–water partition coefficient (Wildman–Crippen LogP) is 3.43. The largest absolute Gasteiger partial charge is 0.359 e. The molecule has 1 aromatic carbocycles. The quantitative estimate of drug-likeness (QED) is 0.631. The van der Waals surface area contributed by atoms with E-state index in [1.807, 2.05) is 6.07 Å². The first-order valence-corrected chi connectivity index (χ1v) is 6.44. The molecule has 3 nitrogen and oxygen atoms in total. The average molecular weight is 238 g/mol. The first kappa shape index (κ1) is 12.9. The molecular formula is C12H15O3P. The number of benzene rings is 1. The number of hydrogen-bond donors (Lipinski definition) is 1. The summed E-state index contributed by atoms with van der Waals surface area (Å²) in [5, 5.41) is 0.0989. The zero-order chi connectivity index (χ0) is 12.2. The third-order valence-corrected chi connectivity index (χ3v) is 3.65. The summed E-state index contributed by atoms with van der Waals surface area (Å²) >= 11 is 0. The van der Waals surface area contributed by atoms with Crippen LogP contribution in [0.3, 0.4) is 0 Å². The van der Waals surface area contributed by atoms with Crippen LogP contribution in [0.4, 0.5) is 0 Å². The maximum Gasteiger partial charge on any atom is 0.359 e. The van der Waals surface area contributed by atoms with Crippen LogP contribution in [0.1, 0.15) is 12.5 Å². The molecule has 16 heavy (non-hydrogen) atoms. The molecule has 0 bridgehead atoms. The van der Waals surface area contributed by atoms with E-state index in [0.717, 1.165) is 0 Å². The zero-order valence-corrected chi connectivity index (χ0v) is 10.1. The van der Waals surface area contributed by atoms with Crippen molar-refractivity contribution in [2.75, 3.05) is 0 Å². The minimum Gasteiger partial charge on any atom is -0.321 e. The van der Waals surface area contributed by atoms with Gasteiger partial charge in [-0.3, -0.25) is 9.09 Å². The summed E-state index contributed by atoms with van der Waals surface area (Å²) in [6.45, 7) is 8.75. The molecule has 0 aliphatic rings. The molecule has 0 amide bonds. The van der Waals surface area contributed by atoms with Gasteiger partial charge >= 0.3 is 7.60 Å². The summed E-state index contributed by atoms with van der Waals surface area (Å²) < 4.78 is 16.9. The lowest BCUT2D eigenvalue weighted by molar-refractivity contribution is 0.234. The van der Waals surface area contributed by atoms with Gasteiger partial charge in [0, 0.05) is 0 Å². The van der Waals surface area contributed by atoms with Crippen LogP contribution in [0.2, 0.25) is 0 Å². The minimum atomic E-state index is -3.84. The smallest absolute Gasteiger partial charge is 0.321 e. The van der Waals surface area contributed by atoms with Crippen molar-refractivity contribution >= 4 is 12.9 Å². The molecule has 0 aliphatic carbocycles. The molecule has 1 aromatic rings. The maximum absolute atomic E-state index is 11.9. The second-order valence-electron chi connectivity index (χ2n) is 3.38. The Morgan fingerprint density at radius 3 is 2.56 bits per heavy atom. The van der Waals surface area contributed by atoms with E-state index in [4.69, 9.17) is 4.52 Å². The standard InChI is InChI=1S/C12H15O3P/c1-4-10(2)15-16(13,14)11(3)12-8-6-5-7-9-12/h4-10H,1,3H2,2H3,(H,13,14). The molecule has 0 radical (unpaired) electrons.